The molecule has 2 heteroatoms. The first-order valence-corrected chi connectivity index (χ1v) is 5.44. The van der Waals surface area contributed by atoms with Gasteiger partial charge in [0.1, 0.15) is 12.0 Å². The topological polar surface area (TPSA) is 37.3 Å². The van der Waals surface area contributed by atoms with Gasteiger partial charge >= 0.3 is 0 Å². The van der Waals surface area contributed by atoms with Crippen LogP contribution in [0.15, 0.2) is 36.4 Å². The Morgan fingerprint density at radius 3 is 2.69 bits per heavy atom. The molecule has 0 saturated heterocycles. The van der Waals surface area contributed by atoms with Crippen LogP contribution in [0.3, 0.4) is 0 Å². The van der Waals surface area contributed by atoms with Gasteiger partial charge in [0.2, 0.25) is 0 Å². The zero-order valence-corrected chi connectivity index (χ0v) is 8.81. The Bertz CT molecular complexity index is 568. The lowest BCUT2D eigenvalue weighted by Crippen LogP contribution is -2.07. The van der Waals surface area contributed by atoms with Gasteiger partial charge in [-0.05, 0) is 35.9 Å². The zero-order chi connectivity index (χ0) is 11.2. The van der Waals surface area contributed by atoms with Gasteiger partial charge in [-0.2, -0.15) is 0 Å². The van der Waals surface area contributed by atoms with E-state index in [-0.39, 0.29) is 11.2 Å². The Hall–Kier alpha value is -1.83. The molecule has 1 aliphatic carbocycles. The van der Waals surface area contributed by atoms with Crippen molar-refractivity contribution in [3.8, 4) is 5.75 Å². The van der Waals surface area contributed by atoms with E-state index in [0.717, 1.165) is 35.5 Å². The minimum Gasteiger partial charge on any atom is -0.507 e. The molecule has 80 valence electrons. The highest BCUT2D eigenvalue weighted by atomic mass is 16.3. The SMILES string of the molecule is O=CC1(c2ccc3cccc(O)c3c2)CC1. The summed E-state index contributed by atoms with van der Waals surface area (Å²) in [5.74, 6) is 0.279. The summed E-state index contributed by atoms with van der Waals surface area (Å²) in [6.07, 6.45) is 2.89. The summed E-state index contributed by atoms with van der Waals surface area (Å²) in [6, 6.07) is 11.3. The molecule has 0 aromatic heterocycles. The standard InChI is InChI=1S/C14H12O2/c15-9-14(6-7-14)11-5-4-10-2-1-3-13(16)12(10)8-11/h1-5,8-9,16H,6-7H2. The van der Waals surface area contributed by atoms with Crippen molar-refractivity contribution in [3.63, 3.8) is 0 Å². The number of rotatable bonds is 2. The third kappa shape index (κ3) is 1.23. The summed E-state index contributed by atoms with van der Waals surface area (Å²) < 4.78 is 0. The molecule has 1 aliphatic rings. The predicted molar refractivity (Wildman–Crippen MR) is 62.6 cm³/mol. The van der Waals surface area contributed by atoms with E-state index in [2.05, 4.69) is 0 Å². The number of carbonyl (C=O) groups is 1. The maximum Gasteiger partial charge on any atom is 0.130 e. The highest BCUT2D eigenvalue weighted by molar-refractivity contribution is 5.90. The van der Waals surface area contributed by atoms with Gasteiger partial charge in [-0.3, -0.25) is 0 Å². The summed E-state index contributed by atoms with van der Waals surface area (Å²) in [6.45, 7) is 0. The van der Waals surface area contributed by atoms with E-state index in [4.69, 9.17) is 0 Å². The van der Waals surface area contributed by atoms with Crippen molar-refractivity contribution in [2.45, 2.75) is 18.3 Å². The highest BCUT2D eigenvalue weighted by Crippen LogP contribution is 2.47. The number of aldehydes is 1. The minimum atomic E-state index is -0.267. The van der Waals surface area contributed by atoms with E-state index >= 15 is 0 Å². The number of phenolic OH excluding ortho intramolecular Hbond substituents is 1. The fourth-order valence-corrected chi connectivity index (χ4v) is 2.18. The molecule has 3 rings (SSSR count). The fraction of sp³-hybridized carbons (Fsp3) is 0.214. The predicted octanol–water partition coefficient (Wildman–Crippen LogP) is 2.78. The third-order valence-electron chi connectivity index (χ3n) is 3.45. The quantitative estimate of drug-likeness (QED) is 0.777. The first kappa shape index (κ1) is 9.40. The Kier molecular flexibility index (Phi) is 1.81. The number of benzene rings is 2. The monoisotopic (exact) mass is 212 g/mol. The molecule has 1 fully saturated rings. The van der Waals surface area contributed by atoms with Gasteiger partial charge in [0.15, 0.2) is 0 Å². The molecule has 0 atom stereocenters. The normalized spacial score (nSPS) is 17.2. The summed E-state index contributed by atoms with van der Waals surface area (Å²) >= 11 is 0. The van der Waals surface area contributed by atoms with Crippen molar-refractivity contribution in [2.24, 2.45) is 0 Å². The smallest absolute Gasteiger partial charge is 0.130 e. The van der Waals surface area contributed by atoms with Crippen molar-refractivity contribution in [1.29, 1.82) is 0 Å². The van der Waals surface area contributed by atoms with Crippen molar-refractivity contribution >= 4 is 17.1 Å². The van der Waals surface area contributed by atoms with E-state index in [9.17, 15) is 9.90 Å². The number of hydrogen-bond donors (Lipinski definition) is 1. The minimum absolute atomic E-state index is 0.267. The van der Waals surface area contributed by atoms with Crippen LogP contribution in [0.5, 0.6) is 5.75 Å². The molecule has 2 aromatic rings. The molecule has 0 spiro atoms. The molecule has 1 saturated carbocycles. The zero-order valence-electron chi connectivity index (χ0n) is 8.81. The molecule has 0 aliphatic heterocycles. The van der Waals surface area contributed by atoms with Crippen molar-refractivity contribution < 1.29 is 9.90 Å². The first-order chi connectivity index (χ1) is 7.75. The van der Waals surface area contributed by atoms with Crippen LogP contribution in [0.4, 0.5) is 0 Å². The van der Waals surface area contributed by atoms with Crippen LogP contribution in [-0.4, -0.2) is 11.4 Å². The molecule has 2 nitrogen and oxygen atoms in total. The van der Waals surface area contributed by atoms with Crippen molar-refractivity contribution in [2.75, 3.05) is 0 Å². The maximum atomic E-state index is 11.0. The second-order valence-corrected chi connectivity index (χ2v) is 4.49. The number of carbonyl (C=O) groups excluding carboxylic acids is 1. The van der Waals surface area contributed by atoms with E-state index in [1.165, 1.54) is 0 Å². The van der Waals surface area contributed by atoms with Crippen LogP contribution in [0.25, 0.3) is 10.8 Å². The van der Waals surface area contributed by atoms with Crippen molar-refractivity contribution in [3.05, 3.63) is 42.0 Å². The average Bonchev–Trinajstić information content (AvgIpc) is 3.10. The highest BCUT2D eigenvalue weighted by Gasteiger charge is 2.44. The summed E-state index contributed by atoms with van der Waals surface area (Å²) in [4.78, 5) is 11.0. The molecule has 1 N–H and O–H groups in total. The molecule has 0 unspecified atom stereocenters. The van der Waals surface area contributed by atoms with Crippen LogP contribution in [0.2, 0.25) is 0 Å². The maximum absolute atomic E-state index is 11.0. The molecule has 0 heterocycles. The van der Waals surface area contributed by atoms with Crippen LogP contribution < -0.4 is 0 Å². The molecule has 16 heavy (non-hydrogen) atoms. The van der Waals surface area contributed by atoms with E-state index in [0.29, 0.717) is 0 Å². The van der Waals surface area contributed by atoms with E-state index in [1.807, 2.05) is 30.3 Å². The number of fused-ring (bicyclic) bond motifs is 1. The van der Waals surface area contributed by atoms with Crippen LogP contribution in [0.1, 0.15) is 18.4 Å². The lowest BCUT2D eigenvalue weighted by atomic mass is 9.95. The Morgan fingerprint density at radius 1 is 1.19 bits per heavy atom. The van der Waals surface area contributed by atoms with Gasteiger partial charge in [0, 0.05) is 5.39 Å². The molecular formula is C14H12O2. The second-order valence-electron chi connectivity index (χ2n) is 4.49. The first-order valence-electron chi connectivity index (χ1n) is 5.44. The molecule has 0 bridgehead atoms. The third-order valence-corrected chi connectivity index (χ3v) is 3.45. The Labute approximate surface area is 93.5 Å². The Morgan fingerprint density at radius 2 is 2.00 bits per heavy atom. The average molecular weight is 212 g/mol. The van der Waals surface area contributed by atoms with Crippen LogP contribution >= 0.6 is 0 Å². The molecule has 0 radical (unpaired) electrons. The van der Waals surface area contributed by atoms with Crippen LogP contribution in [0, 0.1) is 0 Å². The second kappa shape index (κ2) is 3.08. The fourth-order valence-electron chi connectivity index (χ4n) is 2.18. The van der Waals surface area contributed by atoms with E-state index in [1.54, 1.807) is 6.07 Å². The van der Waals surface area contributed by atoms with Gasteiger partial charge in [0.05, 0.1) is 5.41 Å². The summed E-state index contributed by atoms with van der Waals surface area (Å²) in [5, 5.41) is 11.6. The van der Waals surface area contributed by atoms with Crippen LogP contribution in [-0.2, 0) is 10.2 Å². The van der Waals surface area contributed by atoms with Gasteiger partial charge in [-0.15, -0.1) is 0 Å². The van der Waals surface area contributed by atoms with Gasteiger partial charge in [-0.1, -0.05) is 24.3 Å². The molecule has 0 amide bonds. The number of phenols is 1. The van der Waals surface area contributed by atoms with Gasteiger partial charge in [0.25, 0.3) is 0 Å². The molecular weight excluding hydrogens is 200 g/mol. The Balaban J connectivity index is 2.23. The molecule has 2 aromatic carbocycles. The van der Waals surface area contributed by atoms with E-state index < -0.39 is 0 Å². The number of hydrogen-bond acceptors (Lipinski definition) is 2. The largest absolute Gasteiger partial charge is 0.507 e. The number of aromatic hydroxyl groups is 1. The van der Waals surface area contributed by atoms with Crippen molar-refractivity contribution in [1.82, 2.24) is 0 Å². The lowest BCUT2D eigenvalue weighted by molar-refractivity contribution is -0.109. The summed E-state index contributed by atoms with van der Waals surface area (Å²) in [5.41, 5.74) is 0.757. The van der Waals surface area contributed by atoms with Gasteiger partial charge in [-0.25, -0.2) is 0 Å². The lowest BCUT2D eigenvalue weighted by Gasteiger charge is -2.09. The van der Waals surface area contributed by atoms with Gasteiger partial charge < -0.3 is 9.90 Å². The summed E-state index contributed by atoms with van der Waals surface area (Å²) in [7, 11) is 0.